The first-order chi connectivity index (χ1) is 12.4. The Bertz CT molecular complexity index is 922. The molecule has 134 valence electrons. The molecule has 0 aliphatic heterocycles. The third-order valence-electron chi connectivity index (χ3n) is 4.01. The highest BCUT2D eigenvalue weighted by molar-refractivity contribution is 5.96. The molecule has 1 amide bonds. The number of amides is 1. The van der Waals surface area contributed by atoms with E-state index in [1.165, 1.54) is 24.3 Å². The second-order valence-electron chi connectivity index (χ2n) is 5.96. The molecule has 0 spiro atoms. The molecule has 0 saturated carbocycles. The van der Waals surface area contributed by atoms with Crippen LogP contribution in [0.1, 0.15) is 18.1 Å². The van der Waals surface area contributed by atoms with E-state index in [0.717, 1.165) is 16.7 Å². The quantitative estimate of drug-likeness (QED) is 0.751. The topological polar surface area (TPSA) is 77.3 Å². The highest BCUT2D eigenvalue weighted by Crippen LogP contribution is 2.26. The first-order valence-corrected chi connectivity index (χ1v) is 8.07. The zero-order valence-corrected chi connectivity index (χ0v) is 14.6. The molecule has 0 saturated heterocycles. The van der Waals surface area contributed by atoms with Crippen molar-refractivity contribution in [1.29, 1.82) is 0 Å². The predicted molar refractivity (Wildman–Crippen MR) is 94.3 cm³/mol. The minimum atomic E-state index is -0.815. The molecule has 26 heavy (non-hydrogen) atoms. The Balaban J connectivity index is 1.72. The van der Waals surface area contributed by atoms with Crippen LogP contribution >= 0.6 is 0 Å². The Hall–Kier alpha value is -3.22. The van der Waals surface area contributed by atoms with Crippen LogP contribution in [0.3, 0.4) is 0 Å². The van der Waals surface area contributed by atoms with Gasteiger partial charge in [0.2, 0.25) is 5.82 Å². The summed E-state index contributed by atoms with van der Waals surface area (Å²) in [6.07, 6.45) is -0.815. The Kier molecular flexibility index (Phi) is 4.97. The molecule has 3 aromatic rings. The maximum atomic E-state index is 12.9. The molecule has 1 heterocycles. The van der Waals surface area contributed by atoms with Gasteiger partial charge in [-0.2, -0.15) is 0 Å². The fourth-order valence-electron chi connectivity index (χ4n) is 2.34. The molecular weight excluding hydrogens is 337 g/mol. The predicted octanol–water partition coefficient (Wildman–Crippen LogP) is 3.90. The van der Waals surface area contributed by atoms with Crippen LogP contribution in [0.25, 0.3) is 11.3 Å². The fourth-order valence-corrected chi connectivity index (χ4v) is 2.34. The summed E-state index contributed by atoms with van der Waals surface area (Å²) in [5.41, 5.74) is 3.47. The van der Waals surface area contributed by atoms with Crippen molar-refractivity contribution >= 4 is 11.7 Å². The summed E-state index contributed by atoms with van der Waals surface area (Å²) in [6, 6.07) is 11.2. The van der Waals surface area contributed by atoms with E-state index in [0.29, 0.717) is 11.4 Å². The first kappa shape index (κ1) is 17.6. The van der Waals surface area contributed by atoms with Crippen LogP contribution in [0.2, 0.25) is 0 Å². The number of aryl methyl sites for hydroxylation is 2. The molecule has 1 unspecified atom stereocenters. The molecular formula is C19H18FN3O3. The van der Waals surface area contributed by atoms with Gasteiger partial charge in [0, 0.05) is 5.56 Å². The van der Waals surface area contributed by atoms with E-state index in [2.05, 4.69) is 15.6 Å². The lowest BCUT2D eigenvalue weighted by atomic mass is 10.0. The van der Waals surface area contributed by atoms with E-state index in [1.807, 2.05) is 32.0 Å². The van der Waals surface area contributed by atoms with E-state index in [4.69, 9.17) is 9.37 Å². The lowest BCUT2D eigenvalue weighted by Gasteiger charge is -2.14. The second-order valence-corrected chi connectivity index (χ2v) is 5.96. The average molecular weight is 355 g/mol. The number of anilines is 1. The summed E-state index contributed by atoms with van der Waals surface area (Å²) in [5, 5.41) is 10.3. The Labute approximate surface area is 149 Å². The van der Waals surface area contributed by atoms with Crippen molar-refractivity contribution in [3.63, 3.8) is 0 Å². The summed E-state index contributed by atoms with van der Waals surface area (Å²) in [6.45, 7) is 5.59. The van der Waals surface area contributed by atoms with Crippen molar-refractivity contribution in [2.24, 2.45) is 0 Å². The zero-order chi connectivity index (χ0) is 18.7. The van der Waals surface area contributed by atoms with E-state index in [1.54, 1.807) is 6.92 Å². The van der Waals surface area contributed by atoms with Gasteiger partial charge < -0.3 is 10.1 Å². The minimum absolute atomic E-state index is 0.216. The lowest BCUT2D eigenvalue weighted by Crippen LogP contribution is -2.30. The van der Waals surface area contributed by atoms with Crippen LogP contribution in [-0.2, 0) is 4.79 Å². The van der Waals surface area contributed by atoms with Crippen LogP contribution in [0, 0.1) is 19.7 Å². The van der Waals surface area contributed by atoms with Gasteiger partial charge in [-0.3, -0.25) is 4.79 Å². The number of carbonyl (C=O) groups excluding carboxylic acids is 1. The molecule has 1 atom stereocenters. The number of halogens is 1. The number of rotatable bonds is 5. The van der Waals surface area contributed by atoms with E-state index >= 15 is 0 Å². The summed E-state index contributed by atoms with van der Waals surface area (Å²) >= 11 is 0. The molecule has 0 fully saturated rings. The average Bonchev–Trinajstić information content (AvgIpc) is 3.07. The van der Waals surface area contributed by atoms with E-state index < -0.39 is 12.0 Å². The summed E-state index contributed by atoms with van der Waals surface area (Å²) in [5.74, 6) is -0.189. The first-order valence-electron chi connectivity index (χ1n) is 8.07. The van der Waals surface area contributed by atoms with Crippen LogP contribution in [0.15, 0.2) is 47.1 Å². The molecule has 3 rings (SSSR count). The molecule has 2 aromatic carbocycles. The molecule has 0 aliphatic rings. The maximum Gasteiger partial charge on any atom is 0.266 e. The Morgan fingerprint density at radius 3 is 2.54 bits per heavy atom. The molecule has 0 aliphatic carbocycles. The van der Waals surface area contributed by atoms with Gasteiger partial charge in [-0.15, -0.1) is 0 Å². The van der Waals surface area contributed by atoms with Gasteiger partial charge >= 0.3 is 0 Å². The second kappa shape index (κ2) is 7.35. The van der Waals surface area contributed by atoms with Gasteiger partial charge in [0.05, 0.1) is 0 Å². The number of hydrogen-bond acceptors (Lipinski definition) is 5. The van der Waals surface area contributed by atoms with Crippen molar-refractivity contribution in [2.75, 3.05) is 5.32 Å². The molecule has 7 heteroatoms. The summed E-state index contributed by atoms with van der Waals surface area (Å²) < 4.78 is 23.2. The maximum absolute atomic E-state index is 12.9. The molecule has 0 bridgehead atoms. The lowest BCUT2D eigenvalue weighted by molar-refractivity contribution is -0.122. The number of nitrogens with one attached hydrogen (secondary N) is 1. The van der Waals surface area contributed by atoms with Crippen molar-refractivity contribution in [1.82, 2.24) is 10.3 Å². The largest absolute Gasteiger partial charge is 0.481 e. The molecule has 1 N–H and O–H groups in total. The van der Waals surface area contributed by atoms with Gasteiger partial charge in [-0.1, -0.05) is 12.1 Å². The van der Waals surface area contributed by atoms with Gasteiger partial charge in [0.1, 0.15) is 11.6 Å². The van der Waals surface area contributed by atoms with Gasteiger partial charge in [-0.25, -0.2) is 9.02 Å². The Morgan fingerprint density at radius 2 is 1.85 bits per heavy atom. The van der Waals surface area contributed by atoms with E-state index in [9.17, 15) is 9.18 Å². The highest BCUT2D eigenvalue weighted by atomic mass is 19.1. The SMILES string of the molecule is Cc1ccc(-c2nonc2NC(=O)C(C)Oc2ccc(F)cc2)cc1C. The van der Waals surface area contributed by atoms with Crippen LogP contribution in [-0.4, -0.2) is 22.3 Å². The highest BCUT2D eigenvalue weighted by Gasteiger charge is 2.20. The van der Waals surface area contributed by atoms with Crippen LogP contribution < -0.4 is 10.1 Å². The smallest absolute Gasteiger partial charge is 0.266 e. The number of hydrogen-bond donors (Lipinski definition) is 1. The van der Waals surface area contributed by atoms with Crippen molar-refractivity contribution in [3.8, 4) is 17.0 Å². The number of aromatic nitrogens is 2. The molecule has 1 aromatic heterocycles. The van der Waals surface area contributed by atoms with Crippen LogP contribution in [0.5, 0.6) is 5.75 Å². The van der Waals surface area contributed by atoms with Crippen molar-refractivity contribution < 1.29 is 18.6 Å². The van der Waals surface area contributed by atoms with Crippen molar-refractivity contribution in [2.45, 2.75) is 26.9 Å². The third kappa shape index (κ3) is 3.88. The van der Waals surface area contributed by atoms with Gasteiger partial charge in [0.15, 0.2) is 11.8 Å². The molecule has 6 nitrogen and oxygen atoms in total. The minimum Gasteiger partial charge on any atom is -0.481 e. The normalized spacial score (nSPS) is 11.8. The van der Waals surface area contributed by atoms with Gasteiger partial charge in [0.25, 0.3) is 5.91 Å². The van der Waals surface area contributed by atoms with E-state index in [-0.39, 0.29) is 11.6 Å². The Morgan fingerprint density at radius 1 is 1.12 bits per heavy atom. The monoisotopic (exact) mass is 355 g/mol. The van der Waals surface area contributed by atoms with Crippen molar-refractivity contribution in [3.05, 3.63) is 59.4 Å². The fraction of sp³-hybridized carbons (Fsp3) is 0.211. The zero-order valence-electron chi connectivity index (χ0n) is 14.6. The van der Waals surface area contributed by atoms with Crippen LogP contribution in [0.4, 0.5) is 10.2 Å². The van der Waals surface area contributed by atoms with Gasteiger partial charge in [-0.05, 0) is 72.5 Å². The third-order valence-corrected chi connectivity index (χ3v) is 4.01. The number of benzene rings is 2. The standard InChI is InChI=1S/C19H18FN3O3/c1-11-4-5-14(10-12(11)2)17-18(23-26-22-17)21-19(24)13(3)25-16-8-6-15(20)7-9-16/h4-10,13H,1-3H3,(H,21,23,24). The summed E-state index contributed by atoms with van der Waals surface area (Å²) in [4.78, 5) is 12.4. The number of ether oxygens (including phenoxy) is 1. The molecule has 0 radical (unpaired) electrons. The number of nitrogens with zero attached hydrogens (tertiary/aromatic N) is 2. The number of carbonyl (C=O) groups is 1. The summed E-state index contributed by atoms with van der Waals surface area (Å²) in [7, 11) is 0.